The highest BCUT2D eigenvalue weighted by Gasteiger charge is 2.37. The topological polar surface area (TPSA) is 54.9 Å². The lowest BCUT2D eigenvalue weighted by molar-refractivity contribution is 0.0505. The molecular weight excluding hydrogens is 509 g/mol. The summed E-state index contributed by atoms with van der Waals surface area (Å²) >= 11 is 1.86. The smallest absolute Gasteiger partial charge is 0.191 e. The van der Waals surface area contributed by atoms with E-state index in [9.17, 15) is 0 Å². The van der Waals surface area contributed by atoms with Crippen LogP contribution in [0.25, 0.3) is 0 Å². The second-order valence-electron chi connectivity index (χ2n) is 7.60. The van der Waals surface area contributed by atoms with E-state index in [0.29, 0.717) is 0 Å². The van der Waals surface area contributed by atoms with Crippen molar-refractivity contribution in [1.29, 1.82) is 0 Å². The molecule has 7 heteroatoms. The van der Waals surface area contributed by atoms with Gasteiger partial charge >= 0.3 is 0 Å². The number of benzene rings is 1. The summed E-state index contributed by atoms with van der Waals surface area (Å²) in [7, 11) is 3.58. The van der Waals surface area contributed by atoms with E-state index in [1.54, 1.807) is 7.11 Å². The number of ether oxygens (including phenoxy) is 2. The van der Waals surface area contributed by atoms with Crippen molar-refractivity contribution in [1.82, 2.24) is 10.6 Å². The van der Waals surface area contributed by atoms with Gasteiger partial charge < -0.3 is 20.1 Å². The first-order valence-electron chi connectivity index (χ1n) is 10.3. The van der Waals surface area contributed by atoms with Crippen LogP contribution in [0.3, 0.4) is 0 Å². The average Bonchev–Trinajstić information content (AvgIpc) is 3.22. The van der Waals surface area contributed by atoms with Crippen LogP contribution in [0.5, 0.6) is 5.75 Å². The first-order valence-corrected chi connectivity index (χ1v) is 11.2. The molecule has 3 rings (SSSR count). The van der Waals surface area contributed by atoms with Gasteiger partial charge in [-0.25, -0.2) is 0 Å². The predicted molar refractivity (Wildman–Crippen MR) is 137 cm³/mol. The first kappa shape index (κ1) is 24.9. The highest BCUT2D eigenvalue weighted by molar-refractivity contribution is 14.0. The van der Waals surface area contributed by atoms with E-state index >= 15 is 0 Å². The molecule has 1 aromatic heterocycles. The molecule has 1 fully saturated rings. The minimum Gasteiger partial charge on any atom is -0.496 e. The molecule has 1 saturated heterocycles. The van der Waals surface area contributed by atoms with Crippen LogP contribution in [-0.2, 0) is 23.1 Å². The van der Waals surface area contributed by atoms with Gasteiger partial charge in [-0.3, -0.25) is 4.99 Å². The Morgan fingerprint density at radius 2 is 1.90 bits per heavy atom. The molecule has 0 radical (unpaired) electrons. The van der Waals surface area contributed by atoms with Gasteiger partial charge in [0.05, 0.1) is 13.7 Å². The lowest BCUT2D eigenvalue weighted by Crippen LogP contribution is -2.48. The molecule has 0 atom stereocenters. The van der Waals surface area contributed by atoms with Crippen LogP contribution in [0.1, 0.15) is 40.6 Å². The minimum absolute atomic E-state index is 0. The van der Waals surface area contributed by atoms with Crippen molar-refractivity contribution >= 4 is 41.3 Å². The Bertz CT molecular complexity index is 832. The minimum atomic E-state index is -0.0362. The van der Waals surface area contributed by atoms with E-state index in [4.69, 9.17) is 9.47 Å². The van der Waals surface area contributed by atoms with Crippen molar-refractivity contribution in [3.63, 3.8) is 0 Å². The maximum atomic E-state index is 5.72. The molecule has 0 unspecified atom stereocenters. The van der Waals surface area contributed by atoms with Crippen LogP contribution in [0.15, 0.2) is 35.3 Å². The second kappa shape index (κ2) is 11.9. The molecule has 0 bridgehead atoms. The van der Waals surface area contributed by atoms with E-state index < -0.39 is 0 Å². The van der Waals surface area contributed by atoms with E-state index in [-0.39, 0.29) is 29.4 Å². The van der Waals surface area contributed by atoms with Crippen LogP contribution in [-0.4, -0.2) is 39.9 Å². The summed E-state index contributed by atoms with van der Waals surface area (Å²) in [4.78, 5) is 7.18. The fourth-order valence-electron chi connectivity index (χ4n) is 3.89. The van der Waals surface area contributed by atoms with Crippen molar-refractivity contribution in [3.8, 4) is 5.75 Å². The fraction of sp³-hybridized carbons (Fsp3) is 0.522. The Morgan fingerprint density at radius 1 is 1.17 bits per heavy atom. The molecule has 5 nitrogen and oxygen atoms in total. The van der Waals surface area contributed by atoms with Crippen molar-refractivity contribution in [2.75, 3.05) is 33.9 Å². The number of hydrogen-bond acceptors (Lipinski definition) is 4. The summed E-state index contributed by atoms with van der Waals surface area (Å²) in [6.07, 6.45) is 3.00. The van der Waals surface area contributed by atoms with Crippen molar-refractivity contribution in [2.45, 2.75) is 45.1 Å². The first-order chi connectivity index (χ1) is 14.1. The van der Waals surface area contributed by atoms with Gasteiger partial charge in [-0.05, 0) is 44.4 Å². The molecule has 1 aromatic carbocycles. The fourth-order valence-corrected chi connectivity index (χ4v) is 4.79. The Labute approximate surface area is 201 Å². The number of nitrogens with zero attached hydrogens (tertiary/aromatic N) is 1. The number of halogens is 1. The lowest BCUT2D eigenvalue weighted by atomic mass is 9.73. The number of nitrogens with one attached hydrogen (secondary N) is 2. The van der Waals surface area contributed by atoms with Gasteiger partial charge in [0.1, 0.15) is 5.75 Å². The Hall–Kier alpha value is -1.32. The number of aliphatic imine (C=N–C) groups is 1. The highest BCUT2D eigenvalue weighted by Crippen LogP contribution is 2.40. The number of methoxy groups -OCH3 is 1. The predicted octanol–water partition coefficient (Wildman–Crippen LogP) is 4.66. The third-order valence-electron chi connectivity index (χ3n) is 5.69. The van der Waals surface area contributed by atoms with Gasteiger partial charge in [-0.1, -0.05) is 24.6 Å². The van der Waals surface area contributed by atoms with Crippen molar-refractivity contribution in [3.05, 3.63) is 51.2 Å². The standard InChI is InChI=1S/C23H33N3O2S.HI/c1-5-18-7-8-19(29-18)15-25-22(24-3)26-16-23(10-12-28-13-11-23)20-14-17(2)6-9-21(20)27-4;/h6-9,14H,5,10-13,15-16H2,1-4H3,(H2,24,25,26);1H. The molecule has 1 aliphatic heterocycles. The van der Waals surface area contributed by atoms with Crippen molar-refractivity contribution in [2.24, 2.45) is 4.99 Å². The summed E-state index contributed by atoms with van der Waals surface area (Å²) in [6, 6.07) is 10.9. The third kappa shape index (κ3) is 6.11. The monoisotopic (exact) mass is 543 g/mol. The van der Waals surface area contributed by atoms with Gasteiger partial charge in [0.15, 0.2) is 5.96 Å². The van der Waals surface area contributed by atoms with Crippen LogP contribution in [0, 0.1) is 6.92 Å². The average molecular weight is 544 g/mol. The van der Waals surface area contributed by atoms with Gasteiger partial charge in [0.25, 0.3) is 0 Å². The number of guanidine groups is 1. The molecular formula is C23H34IN3O2S. The van der Waals surface area contributed by atoms with E-state index in [0.717, 1.165) is 57.3 Å². The summed E-state index contributed by atoms with van der Waals surface area (Å²) in [5, 5.41) is 7.03. The van der Waals surface area contributed by atoms with Crippen LogP contribution >= 0.6 is 35.3 Å². The largest absolute Gasteiger partial charge is 0.496 e. The summed E-state index contributed by atoms with van der Waals surface area (Å²) < 4.78 is 11.4. The van der Waals surface area contributed by atoms with Gasteiger partial charge in [-0.2, -0.15) is 0 Å². The molecule has 2 N–H and O–H groups in total. The Morgan fingerprint density at radius 3 is 2.53 bits per heavy atom. The number of aryl methyl sites for hydroxylation is 2. The van der Waals surface area contributed by atoms with Gasteiger partial charge in [-0.15, -0.1) is 35.3 Å². The second-order valence-corrected chi connectivity index (χ2v) is 8.85. The van der Waals surface area contributed by atoms with Crippen molar-refractivity contribution < 1.29 is 9.47 Å². The molecule has 1 aliphatic rings. The number of hydrogen-bond donors (Lipinski definition) is 2. The molecule has 166 valence electrons. The van der Waals surface area contributed by atoms with Gasteiger partial charge in [0.2, 0.25) is 0 Å². The molecule has 0 amide bonds. The molecule has 2 heterocycles. The number of rotatable bonds is 7. The summed E-state index contributed by atoms with van der Waals surface area (Å²) in [5.74, 6) is 1.78. The highest BCUT2D eigenvalue weighted by atomic mass is 127. The summed E-state index contributed by atoms with van der Waals surface area (Å²) in [5.41, 5.74) is 2.47. The Kier molecular flexibility index (Phi) is 9.90. The molecule has 30 heavy (non-hydrogen) atoms. The van der Waals surface area contributed by atoms with Gasteiger partial charge in [0, 0.05) is 47.5 Å². The number of thiophene rings is 1. The Balaban J connectivity index is 0.00000320. The molecule has 0 spiro atoms. The zero-order valence-corrected chi connectivity index (χ0v) is 21.6. The van der Waals surface area contributed by atoms with Crippen LogP contribution in [0.2, 0.25) is 0 Å². The normalized spacial score (nSPS) is 15.9. The third-order valence-corrected chi connectivity index (χ3v) is 6.92. The van der Waals surface area contributed by atoms with E-state index in [2.05, 4.69) is 59.8 Å². The van der Waals surface area contributed by atoms with Crippen LogP contribution < -0.4 is 15.4 Å². The van der Waals surface area contributed by atoms with E-state index in [1.807, 2.05) is 18.4 Å². The zero-order chi connectivity index (χ0) is 20.7. The zero-order valence-electron chi connectivity index (χ0n) is 18.4. The quantitative estimate of drug-likeness (QED) is 0.303. The summed E-state index contributed by atoms with van der Waals surface area (Å²) in [6.45, 7) is 7.43. The lowest BCUT2D eigenvalue weighted by Gasteiger charge is -2.39. The molecule has 0 aliphatic carbocycles. The molecule has 0 saturated carbocycles. The van der Waals surface area contributed by atoms with Crippen LogP contribution in [0.4, 0.5) is 0 Å². The SMILES string of the molecule is CCc1ccc(CNC(=NC)NCC2(c3cc(C)ccc3OC)CCOCC2)s1.I. The van der Waals surface area contributed by atoms with E-state index in [1.165, 1.54) is 20.9 Å². The maximum Gasteiger partial charge on any atom is 0.191 e. The molecule has 2 aromatic rings. The maximum absolute atomic E-state index is 5.72.